The molecule has 9 atom stereocenters. The van der Waals surface area contributed by atoms with Crippen LogP contribution in [0.4, 0.5) is 16.0 Å². The van der Waals surface area contributed by atoms with E-state index in [0.29, 0.717) is 16.9 Å². The first-order valence-corrected chi connectivity index (χ1v) is 16.9. The van der Waals surface area contributed by atoms with Gasteiger partial charge in [-0.05, 0) is 0 Å². The maximum atomic E-state index is 16.1. The summed E-state index contributed by atoms with van der Waals surface area (Å²) in [6.07, 6.45) is -2.90. The monoisotopic (exact) mass is 645 g/mol. The van der Waals surface area contributed by atoms with E-state index in [1.165, 1.54) is 29.9 Å². The number of nitrogens with zero attached hydrogens (tertiary/aromatic N) is 7. The average Bonchev–Trinajstić information content (AvgIpc) is 3.70. The number of ether oxygens (including phenoxy) is 2. The highest BCUT2D eigenvalue weighted by molar-refractivity contribution is 8.44. The summed E-state index contributed by atoms with van der Waals surface area (Å²) in [4.78, 5) is 20.7. The first kappa shape index (κ1) is 28.0. The van der Waals surface area contributed by atoms with E-state index in [9.17, 15) is 13.0 Å². The quantitative estimate of drug-likeness (QED) is 0.179. The van der Waals surface area contributed by atoms with Gasteiger partial charge in [-0.2, -0.15) is 0 Å². The Bertz CT molecular complexity index is 1720. The molecule has 42 heavy (non-hydrogen) atoms. The summed E-state index contributed by atoms with van der Waals surface area (Å²) in [6.45, 7) is -5.06. The predicted molar refractivity (Wildman–Crippen MR) is 146 cm³/mol. The zero-order valence-electron chi connectivity index (χ0n) is 21.4. The number of imidazole rings is 2. The summed E-state index contributed by atoms with van der Waals surface area (Å²) in [6, 6.07) is 0. The second kappa shape index (κ2) is 10.2. The molecule has 4 aliphatic rings. The van der Waals surface area contributed by atoms with Crippen molar-refractivity contribution in [2.75, 3.05) is 18.9 Å². The second-order valence-electron chi connectivity index (χ2n) is 9.99. The molecule has 6 N–H and O–H groups in total. The van der Waals surface area contributed by atoms with Crippen LogP contribution in [0, 0.1) is 0 Å². The molecule has 226 valence electrons. The lowest BCUT2D eigenvalue weighted by molar-refractivity contribution is -0.0353. The van der Waals surface area contributed by atoms with Gasteiger partial charge in [-0.15, -0.1) is 0 Å². The summed E-state index contributed by atoms with van der Waals surface area (Å²) in [7, 11) is -4.41. The highest BCUT2D eigenvalue weighted by atomic mass is 32.7. The Morgan fingerprint density at radius 2 is 1.93 bits per heavy atom. The normalized spacial score (nSPS) is 37.9. The van der Waals surface area contributed by atoms with E-state index in [1.807, 2.05) is 0 Å². The molecule has 18 nitrogen and oxygen atoms in total. The summed E-state index contributed by atoms with van der Waals surface area (Å²) in [5.41, 5.74) is 12.9. The van der Waals surface area contributed by atoms with Crippen LogP contribution in [0.5, 0.6) is 0 Å². The van der Waals surface area contributed by atoms with Crippen LogP contribution in [0.1, 0.15) is 30.7 Å². The lowest BCUT2D eigenvalue weighted by Gasteiger charge is -2.22. The Morgan fingerprint density at radius 3 is 2.76 bits per heavy atom. The van der Waals surface area contributed by atoms with E-state index < -0.39 is 71.8 Å². The SMILES string of the molecule is Nc1ncnc2c1ncn2[C@H]1C[C@@H]2O[P@@](=O)(S)OC[C@H]3O[C@@H](n4cnc5c4N=CNC5N)[C@H](F)[C@@H]3S(=O)(=O)NC[C@H]2O1. The zero-order valence-corrected chi connectivity index (χ0v) is 24.0. The van der Waals surface area contributed by atoms with E-state index in [2.05, 4.69) is 47.2 Å². The molecule has 1 unspecified atom stereocenters. The number of sulfonamides is 1. The van der Waals surface area contributed by atoms with Crippen molar-refractivity contribution < 1.29 is 35.9 Å². The molecule has 0 radical (unpaired) electrons. The van der Waals surface area contributed by atoms with Gasteiger partial charge < -0.3 is 26.3 Å². The molecule has 0 amide bonds. The minimum absolute atomic E-state index is 0.107. The van der Waals surface area contributed by atoms with E-state index in [0.717, 1.165) is 0 Å². The van der Waals surface area contributed by atoms with Crippen LogP contribution in [-0.4, -0.2) is 86.7 Å². The number of nitrogen functional groups attached to an aromatic ring is 1. The fourth-order valence-electron chi connectivity index (χ4n) is 5.50. The number of fused-ring (bicyclic) bond motifs is 4. The van der Waals surface area contributed by atoms with Gasteiger partial charge in [0.15, 0.2) is 29.7 Å². The molecule has 0 aliphatic carbocycles. The minimum Gasteiger partial charge on any atom is -0.382 e. The van der Waals surface area contributed by atoms with Gasteiger partial charge in [0.25, 0.3) is 0 Å². The molecule has 22 heteroatoms. The summed E-state index contributed by atoms with van der Waals surface area (Å²) >= 11 is 4.09. The molecule has 0 saturated carbocycles. The van der Waals surface area contributed by atoms with Crippen LogP contribution in [0.3, 0.4) is 0 Å². The molecule has 3 saturated heterocycles. The van der Waals surface area contributed by atoms with E-state index in [4.69, 9.17) is 30.0 Å². The molecular weight excluding hydrogens is 620 g/mol. The van der Waals surface area contributed by atoms with Crippen molar-refractivity contribution in [2.24, 2.45) is 10.7 Å². The summed E-state index contributed by atoms with van der Waals surface area (Å²) in [5.74, 6) is 0.371. The standard InChI is InChI=1S/C20H25FN11O7PS2/c21-12-15-10(38-20(12)32-7-29-14-17(23)25-5-27-19(14)32)3-36-40(33,41)39-8-1-11(37-9(8)2-30-42(15,34)35)31-6-28-13-16(22)24-4-26-18(13)31/h4-12,15,17,20,30H,1-3,23H2,(H,25,27)(H,33,41)(H2,22,24,26)/t8-,9+,10+,11+,12+,15+,17?,20+,40-/m0/s1. The fraction of sp³-hybridized carbons (Fsp3) is 0.550. The van der Waals surface area contributed by atoms with Crippen molar-refractivity contribution in [2.45, 2.75) is 54.8 Å². The van der Waals surface area contributed by atoms with E-state index in [-0.39, 0.29) is 24.6 Å². The molecule has 4 aliphatic heterocycles. The first-order valence-electron chi connectivity index (χ1n) is 12.7. The maximum Gasteiger partial charge on any atom is 0.386 e. The van der Waals surface area contributed by atoms with Crippen LogP contribution < -0.4 is 21.5 Å². The van der Waals surface area contributed by atoms with Crippen LogP contribution >= 0.6 is 19.0 Å². The predicted octanol–water partition coefficient (Wildman–Crippen LogP) is -0.210. The van der Waals surface area contributed by atoms with Gasteiger partial charge >= 0.3 is 6.80 Å². The lowest BCUT2D eigenvalue weighted by atomic mass is 10.2. The Balaban J connectivity index is 1.17. The van der Waals surface area contributed by atoms with Crippen molar-refractivity contribution in [3.8, 4) is 0 Å². The van der Waals surface area contributed by atoms with E-state index in [1.54, 1.807) is 4.57 Å². The fourth-order valence-corrected chi connectivity index (χ4v) is 8.63. The number of hydrogen-bond acceptors (Lipinski definition) is 15. The number of alkyl halides is 1. The first-order chi connectivity index (χ1) is 20.0. The summed E-state index contributed by atoms with van der Waals surface area (Å²) < 4.78 is 84.8. The van der Waals surface area contributed by atoms with Gasteiger partial charge in [0.1, 0.15) is 47.4 Å². The second-order valence-corrected chi connectivity index (χ2v) is 14.8. The highest BCUT2D eigenvalue weighted by Gasteiger charge is 2.55. The van der Waals surface area contributed by atoms with Crippen molar-refractivity contribution in [3.05, 3.63) is 24.7 Å². The number of thiol groups is 1. The Hall–Kier alpha value is -2.75. The third-order valence-electron chi connectivity index (χ3n) is 7.46. The maximum absolute atomic E-state index is 16.1. The number of anilines is 1. The van der Waals surface area contributed by atoms with Crippen LogP contribution in [-0.2, 0) is 33.1 Å². The average molecular weight is 646 g/mol. The molecule has 0 aromatic carbocycles. The number of rotatable bonds is 2. The van der Waals surface area contributed by atoms with Crippen molar-refractivity contribution in [3.63, 3.8) is 0 Å². The topological polar surface area (TPSA) is 238 Å². The largest absolute Gasteiger partial charge is 0.386 e. The van der Waals surface area contributed by atoms with Gasteiger partial charge in [0.05, 0.1) is 31.7 Å². The Labute approximate surface area is 242 Å². The van der Waals surface area contributed by atoms with Gasteiger partial charge in [0.2, 0.25) is 10.0 Å². The Kier molecular flexibility index (Phi) is 6.79. The van der Waals surface area contributed by atoms with Gasteiger partial charge in [-0.3, -0.25) is 18.2 Å². The highest BCUT2D eigenvalue weighted by Crippen LogP contribution is 2.57. The number of nitrogens with two attached hydrogens (primary N) is 2. The molecule has 0 bridgehead atoms. The Morgan fingerprint density at radius 1 is 1.12 bits per heavy atom. The molecule has 7 rings (SSSR count). The van der Waals surface area contributed by atoms with Crippen LogP contribution in [0.25, 0.3) is 11.2 Å². The molecule has 7 heterocycles. The molecule has 3 fully saturated rings. The number of hydrogen-bond donors (Lipinski definition) is 5. The van der Waals surface area contributed by atoms with Crippen molar-refractivity contribution in [1.82, 2.24) is 39.1 Å². The van der Waals surface area contributed by atoms with Gasteiger partial charge in [-0.25, -0.2) is 47.0 Å². The zero-order chi connectivity index (χ0) is 29.4. The van der Waals surface area contributed by atoms with Gasteiger partial charge in [0, 0.05) is 13.0 Å². The third kappa shape index (κ3) is 4.68. The molecular formula is C20H25FN11O7PS2. The van der Waals surface area contributed by atoms with Crippen molar-refractivity contribution >= 4 is 58.2 Å². The third-order valence-corrected chi connectivity index (χ3v) is 11.0. The number of aromatic nitrogens is 6. The smallest absolute Gasteiger partial charge is 0.382 e. The lowest BCUT2D eigenvalue weighted by Crippen LogP contribution is -2.47. The number of nitrogens with one attached hydrogen (secondary N) is 2. The summed E-state index contributed by atoms with van der Waals surface area (Å²) in [5, 5.41) is 1.01. The van der Waals surface area contributed by atoms with Crippen LogP contribution in [0.15, 0.2) is 24.0 Å². The minimum atomic E-state index is -4.41. The molecule has 3 aromatic rings. The van der Waals surface area contributed by atoms with Crippen molar-refractivity contribution in [1.29, 1.82) is 0 Å². The number of halogens is 1. The van der Waals surface area contributed by atoms with Gasteiger partial charge in [-0.1, -0.05) is 12.2 Å². The number of aliphatic imine (C=N–C) groups is 1. The molecule has 0 spiro atoms. The molecule has 3 aromatic heterocycles. The van der Waals surface area contributed by atoms with Crippen LogP contribution in [0.2, 0.25) is 0 Å². The van der Waals surface area contributed by atoms with E-state index >= 15 is 4.39 Å².